The van der Waals surface area contributed by atoms with Gasteiger partial charge in [-0.3, -0.25) is 14.9 Å². The molecule has 0 spiro atoms. The van der Waals surface area contributed by atoms with Gasteiger partial charge in [0.1, 0.15) is 6.61 Å². The fourth-order valence-electron chi connectivity index (χ4n) is 2.91. The fourth-order valence-corrected chi connectivity index (χ4v) is 3.19. The summed E-state index contributed by atoms with van der Waals surface area (Å²) < 4.78 is 11.2. The molecule has 3 aromatic carbocycles. The molecule has 0 fully saturated rings. The van der Waals surface area contributed by atoms with Crippen molar-refractivity contribution in [1.82, 2.24) is 5.43 Å². The highest BCUT2D eigenvalue weighted by Gasteiger charge is 2.15. The van der Waals surface area contributed by atoms with Crippen LogP contribution in [0.4, 0.5) is 5.69 Å². The lowest BCUT2D eigenvalue weighted by Gasteiger charge is -2.13. The molecule has 0 saturated heterocycles. The molecule has 3 rings (SSSR count). The number of carbonyl (C=O) groups excluding carboxylic acids is 1. The minimum absolute atomic E-state index is 0.116. The third-order valence-electron chi connectivity index (χ3n) is 4.42. The fraction of sp³-hybridized carbons (Fsp3) is 0.130. The number of methoxy groups -OCH3 is 1. The molecule has 164 valence electrons. The molecule has 0 radical (unpaired) electrons. The van der Waals surface area contributed by atoms with Crippen LogP contribution in [-0.4, -0.2) is 24.2 Å². The highest BCUT2D eigenvalue weighted by Crippen LogP contribution is 2.36. The summed E-state index contributed by atoms with van der Waals surface area (Å²) >= 11 is 6.36. The quantitative estimate of drug-likeness (QED) is 0.291. The summed E-state index contributed by atoms with van der Waals surface area (Å²) in [5.41, 5.74) is 4.10. The Bertz CT molecular complexity index is 1140. The second-order valence-corrected chi connectivity index (χ2v) is 7.07. The van der Waals surface area contributed by atoms with Gasteiger partial charge in [0.05, 0.1) is 29.7 Å². The number of nitro benzene ring substituents is 1. The van der Waals surface area contributed by atoms with Crippen LogP contribution in [0.15, 0.2) is 71.8 Å². The number of hydrogen-bond acceptors (Lipinski definition) is 6. The van der Waals surface area contributed by atoms with Gasteiger partial charge in [0, 0.05) is 11.6 Å². The molecule has 1 N–H and O–H groups in total. The van der Waals surface area contributed by atoms with E-state index in [0.717, 1.165) is 5.56 Å². The predicted octanol–water partition coefficient (Wildman–Crippen LogP) is 4.53. The Hall–Kier alpha value is -3.91. The van der Waals surface area contributed by atoms with Gasteiger partial charge < -0.3 is 9.47 Å². The number of carbonyl (C=O) groups is 1. The zero-order valence-corrected chi connectivity index (χ0v) is 17.9. The van der Waals surface area contributed by atoms with Crippen LogP contribution in [0.1, 0.15) is 16.7 Å². The van der Waals surface area contributed by atoms with Gasteiger partial charge in [-0.2, -0.15) is 5.10 Å². The predicted molar refractivity (Wildman–Crippen MR) is 121 cm³/mol. The number of hydrogen-bond donors (Lipinski definition) is 1. The van der Waals surface area contributed by atoms with Gasteiger partial charge in [-0.25, -0.2) is 5.43 Å². The Morgan fingerprint density at radius 3 is 2.59 bits per heavy atom. The second kappa shape index (κ2) is 10.9. The molecule has 0 aliphatic heterocycles. The molecule has 0 aliphatic rings. The number of nitrogens with one attached hydrogen (secondary N) is 1. The summed E-state index contributed by atoms with van der Waals surface area (Å²) in [5.74, 6) is 0.327. The van der Waals surface area contributed by atoms with E-state index in [1.807, 2.05) is 30.3 Å². The van der Waals surface area contributed by atoms with E-state index in [0.29, 0.717) is 34.3 Å². The van der Waals surface area contributed by atoms with E-state index in [-0.39, 0.29) is 12.1 Å². The number of rotatable bonds is 9. The standard InChI is InChI=1S/C23H20ClN3O5/c1-31-21-12-17(11-19(24)23(21)32-15-16-7-3-2-4-8-16)14-25-26-22(28)13-18-9-5-6-10-20(18)27(29)30/h2-12,14H,13,15H2,1H3,(H,26,28). The van der Waals surface area contributed by atoms with Crippen LogP contribution in [0.3, 0.4) is 0 Å². The number of ether oxygens (including phenoxy) is 2. The van der Waals surface area contributed by atoms with Gasteiger partial charge in [0.25, 0.3) is 5.69 Å². The van der Waals surface area contributed by atoms with Crippen molar-refractivity contribution in [3.63, 3.8) is 0 Å². The number of benzene rings is 3. The van der Waals surface area contributed by atoms with Gasteiger partial charge in [0.2, 0.25) is 5.91 Å². The topological polar surface area (TPSA) is 103 Å². The number of amides is 1. The van der Waals surface area contributed by atoms with Crippen LogP contribution in [-0.2, 0) is 17.8 Å². The van der Waals surface area contributed by atoms with E-state index in [1.54, 1.807) is 24.3 Å². The average molecular weight is 454 g/mol. The SMILES string of the molecule is COc1cc(C=NNC(=O)Cc2ccccc2[N+](=O)[O-])cc(Cl)c1OCc1ccccc1. The first-order valence-corrected chi connectivity index (χ1v) is 9.94. The number of nitro groups is 1. The van der Waals surface area contributed by atoms with Crippen molar-refractivity contribution in [3.8, 4) is 11.5 Å². The van der Waals surface area contributed by atoms with Crippen molar-refractivity contribution in [2.75, 3.05) is 7.11 Å². The maximum atomic E-state index is 12.1. The number of para-hydroxylation sites is 1. The molecule has 8 nitrogen and oxygen atoms in total. The molecular formula is C23H20ClN3O5. The van der Waals surface area contributed by atoms with Crippen molar-refractivity contribution < 1.29 is 19.2 Å². The number of nitrogens with zero attached hydrogens (tertiary/aromatic N) is 2. The van der Waals surface area contributed by atoms with Crippen LogP contribution in [0.25, 0.3) is 0 Å². The third kappa shape index (κ3) is 6.05. The second-order valence-electron chi connectivity index (χ2n) is 6.66. The summed E-state index contributed by atoms with van der Waals surface area (Å²) in [6.07, 6.45) is 1.22. The van der Waals surface area contributed by atoms with Crippen LogP contribution >= 0.6 is 11.6 Å². The first-order valence-electron chi connectivity index (χ1n) is 9.56. The Morgan fingerprint density at radius 1 is 1.16 bits per heavy atom. The van der Waals surface area contributed by atoms with E-state index in [2.05, 4.69) is 10.5 Å². The van der Waals surface area contributed by atoms with Crippen molar-refractivity contribution in [2.24, 2.45) is 5.10 Å². The molecule has 9 heteroatoms. The molecule has 1 amide bonds. The lowest BCUT2D eigenvalue weighted by atomic mass is 10.1. The number of hydrazone groups is 1. The maximum absolute atomic E-state index is 12.1. The van der Waals surface area contributed by atoms with Gasteiger partial charge >= 0.3 is 0 Å². The highest BCUT2D eigenvalue weighted by molar-refractivity contribution is 6.32. The van der Waals surface area contributed by atoms with Crippen molar-refractivity contribution in [2.45, 2.75) is 13.0 Å². The van der Waals surface area contributed by atoms with Crippen LogP contribution in [0.5, 0.6) is 11.5 Å². The number of halogens is 1. The molecule has 0 saturated carbocycles. The Balaban J connectivity index is 1.65. The van der Waals surface area contributed by atoms with Crippen molar-refractivity contribution in [3.05, 3.63) is 98.6 Å². The zero-order chi connectivity index (χ0) is 22.9. The van der Waals surface area contributed by atoms with E-state index in [9.17, 15) is 14.9 Å². The van der Waals surface area contributed by atoms with Gasteiger partial charge in [-0.05, 0) is 23.3 Å². The highest BCUT2D eigenvalue weighted by atomic mass is 35.5. The monoisotopic (exact) mass is 453 g/mol. The minimum Gasteiger partial charge on any atom is -0.493 e. The molecule has 0 heterocycles. The Labute approximate surface area is 189 Å². The van der Waals surface area contributed by atoms with Gasteiger partial charge in [-0.15, -0.1) is 0 Å². The van der Waals surface area contributed by atoms with E-state index < -0.39 is 10.8 Å². The normalized spacial score (nSPS) is 10.7. The summed E-state index contributed by atoms with van der Waals surface area (Å²) in [6.45, 7) is 0.325. The van der Waals surface area contributed by atoms with Crippen LogP contribution in [0, 0.1) is 10.1 Å². The molecule has 0 aromatic heterocycles. The maximum Gasteiger partial charge on any atom is 0.273 e. The zero-order valence-electron chi connectivity index (χ0n) is 17.2. The van der Waals surface area contributed by atoms with Crippen molar-refractivity contribution in [1.29, 1.82) is 0 Å². The smallest absolute Gasteiger partial charge is 0.273 e. The third-order valence-corrected chi connectivity index (χ3v) is 4.70. The first kappa shape index (κ1) is 22.8. The minimum atomic E-state index is -0.526. The van der Waals surface area contributed by atoms with Crippen molar-refractivity contribution >= 4 is 29.4 Å². The molecule has 0 unspecified atom stereocenters. The summed E-state index contributed by atoms with van der Waals surface area (Å²) in [5, 5.41) is 15.3. The molecule has 32 heavy (non-hydrogen) atoms. The van der Waals surface area contributed by atoms with Gasteiger partial charge in [0.15, 0.2) is 11.5 Å². The first-order chi connectivity index (χ1) is 15.5. The van der Waals surface area contributed by atoms with Gasteiger partial charge in [-0.1, -0.05) is 60.1 Å². The molecule has 0 aliphatic carbocycles. The molecule has 0 atom stereocenters. The lowest BCUT2D eigenvalue weighted by molar-refractivity contribution is -0.385. The molecule has 3 aromatic rings. The summed E-state index contributed by atoms with van der Waals surface area (Å²) in [7, 11) is 1.50. The largest absolute Gasteiger partial charge is 0.493 e. The summed E-state index contributed by atoms with van der Waals surface area (Å²) in [4.78, 5) is 22.7. The average Bonchev–Trinajstić information content (AvgIpc) is 2.79. The Kier molecular flexibility index (Phi) is 7.77. The molecule has 0 bridgehead atoms. The van der Waals surface area contributed by atoms with Crippen LogP contribution in [0.2, 0.25) is 5.02 Å². The van der Waals surface area contributed by atoms with E-state index in [4.69, 9.17) is 21.1 Å². The lowest BCUT2D eigenvalue weighted by Crippen LogP contribution is -2.20. The van der Waals surface area contributed by atoms with E-state index in [1.165, 1.54) is 25.5 Å². The summed E-state index contributed by atoms with van der Waals surface area (Å²) in [6, 6.07) is 19.0. The van der Waals surface area contributed by atoms with E-state index >= 15 is 0 Å². The van der Waals surface area contributed by atoms with Crippen LogP contribution < -0.4 is 14.9 Å². The Morgan fingerprint density at radius 2 is 1.88 bits per heavy atom. The molecular weight excluding hydrogens is 434 g/mol.